The Hall–Kier alpha value is -1.06. The molecule has 3 heteroatoms. The quantitative estimate of drug-likeness (QED) is 0.821. The molecule has 2 N–H and O–H groups in total. The van der Waals surface area contributed by atoms with Gasteiger partial charge in [0.2, 0.25) is 0 Å². The second kappa shape index (κ2) is 6.40. The maximum atomic E-state index is 6.03. The molecule has 19 heavy (non-hydrogen) atoms. The second-order valence-electron chi connectivity index (χ2n) is 5.51. The summed E-state index contributed by atoms with van der Waals surface area (Å²) in [5, 5.41) is 0. The smallest absolute Gasteiger partial charge is 0.121 e. The van der Waals surface area contributed by atoms with Crippen LogP contribution in [0, 0.1) is 12.8 Å². The first-order valence-electron chi connectivity index (χ1n) is 7.28. The van der Waals surface area contributed by atoms with Crippen LogP contribution in [0.2, 0.25) is 0 Å². The fourth-order valence-corrected chi connectivity index (χ4v) is 2.71. The first kappa shape index (κ1) is 14.4. The van der Waals surface area contributed by atoms with Crippen LogP contribution in [0.1, 0.15) is 36.9 Å². The summed E-state index contributed by atoms with van der Waals surface area (Å²) < 4.78 is 5.33. The molecule has 1 aliphatic rings. The number of nitrogens with two attached hydrogens (primary N) is 1. The van der Waals surface area contributed by atoms with Gasteiger partial charge in [-0.15, -0.1) is 0 Å². The molecule has 0 aliphatic heterocycles. The van der Waals surface area contributed by atoms with Gasteiger partial charge in [-0.05, 0) is 49.4 Å². The fraction of sp³-hybridized carbons (Fsp3) is 0.625. The molecule has 0 spiro atoms. The van der Waals surface area contributed by atoms with E-state index < -0.39 is 0 Å². The van der Waals surface area contributed by atoms with Crippen LogP contribution in [-0.2, 0) is 0 Å². The van der Waals surface area contributed by atoms with E-state index in [0.717, 1.165) is 18.2 Å². The van der Waals surface area contributed by atoms with Crippen LogP contribution in [0.5, 0.6) is 5.75 Å². The number of likely N-dealkylation sites (N-methyl/N-ethyl adjacent to an activating group) is 1. The number of benzene rings is 1. The van der Waals surface area contributed by atoms with Crippen LogP contribution in [0.4, 0.5) is 0 Å². The molecule has 0 aromatic heterocycles. The van der Waals surface area contributed by atoms with E-state index in [0.29, 0.717) is 12.6 Å². The van der Waals surface area contributed by atoms with Crippen molar-refractivity contribution in [1.82, 2.24) is 4.90 Å². The fourth-order valence-electron chi connectivity index (χ4n) is 2.71. The summed E-state index contributed by atoms with van der Waals surface area (Å²) in [7, 11) is 1.72. The molecule has 106 valence electrons. The Morgan fingerprint density at radius 3 is 2.63 bits per heavy atom. The first-order valence-corrected chi connectivity index (χ1v) is 7.28. The highest BCUT2D eigenvalue weighted by molar-refractivity contribution is 5.37. The minimum atomic E-state index is 0.329. The van der Waals surface area contributed by atoms with E-state index in [2.05, 4.69) is 36.9 Å². The summed E-state index contributed by atoms with van der Waals surface area (Å²) in [6.45, 7) is 7.23. The zero-order chi connectivity index (χ0) is 13.8. The van der Waals surface area contributed by atoms with Crippen LogP contribution >= 0.6 is 0 Å². The number of rotatable bonds is 7. The van der Waals surface area contributed by atoms with Crippen molar-refractivity contribution in [3.05, 3.63) is 29.3 Å². The zero-order valence-corrected chi connectivity index (χ0v) is 12.4. The van der Waals surface area contributed by atoms with Crippen molar-refractivity contribution < 1.29 is 4.74 Å². The van der Waals surface area contributed by atoms with Crippen molar-refractivity contribution in [2.45, 2.75) is 32.7 Å². The topological polar surface area (TPSA) is 38.5 Å². The van der Waals surface area contributed by atoms with Gasteiger partial charge in [-0.1, -0.05) is 19.1 Å². The molecule has 0 radical (unpaired) electrons. The molecule has 2 rings (SSSR count). The van der Waals surface area contributed by atoms with Gasteiger partial charge in [-0.3, -0.25) is 4.90 Å². The normalized spacial score (nSPS) is 16.7. The molecule has 1 unspecified atom stereocenters. The molecule has 0 amide bonds. The van der Waals surface area contributed by atoms with Crippen LogP contribution in [0.3, 0.4) is 0 Å². The summed E-state index contributed by atoms with van der Waals surface area (Å²) in [5.74, 6) is 1.85. The minimum Gasteiger partial charge on any atom is -0.496 e. The van der Waals surface area contributed by atoms with Gasteiger partial charge in [-0.25, -0.2) is 0 Å². The van der Waals surface area contributed by atoms with Gasteiger partial charge < -0.3 is 10.5 Å². The molecular weight excluding hydrogens is 236 g/mol. The SMILES string of the molecule is CCN(CC1CC1)C(CN)c1ccc(OC)c(C)c1. The number of ether oxygens (including phenoxy) is 1. The Balaban J connectivity index is 2.16. The largest absolute Gasteiger partial charge is 0.496 e. The van der Waals surface area contributed by atoms with E-state index in [9.17, 15) is 0 Å². The van der Waals surface area contributed by atoms with Gasteiger partial charge in [0.1, 0.15) is 5.75 Å². The predicted molar refractivity (Wildman–Crippen MR) is 79.5 cm³/mol. The number of nitrogens with zero attached hydrogens (tertiary/aromatic N) is 1. The Morgan fingerprint density at radius 2 is 2.16 bits per heavy atom. The Bertz CT molecular complexity index is 415. The molecule has 1 saturated carbocycles. The summed E-state index contributed by atoms with van der Waals surface area (Å²) >= 11 is 0. The molecule has 0 bridgehead atoms. The molecule has 1 aromatic rings. The molecule has 1 fully saturated rings. The van der Waals surface area contributed by atoms with Gasteiger partial charge in [0.05, 0.1) is 7.11 Å². The maximum absolute atomic E-state index is 6.03. The molecule has 0 saturated heterocycles. The van der Waals surface area contributed by atoms with Crippen LogP contribution in [0.15, 0.2) is 18.2 Å². The lowest BCUT2D eigenvalue weighted by atomic mass is 10.0. The Kier molecular flexibility index (Phi) is 4.83. The van der Waals surface area contributed by atoms with Crippen LogP contribution in [-0.4, -0.2) is 31.6 Å². The highest BCUT2D eigenvalue weighted by Crippen LogP contribution is 2.33. The van der Waals surface area contributed by atoms with Gasteiger partial charge in [-0.2, -0.15) is 0 Å². The lowest BCUT2D eigenvalue weighted by molar-refractivity contribution is 0.203. The minimum absolute atomic E-state index is 0.329. The van der Waals surface area contributed by atoms with E-state index in [4.69, 9.17) is 10.5 Å². The predicted octanol–water partition coefficient (Wildman–Crippen LogP) is 2.74. The lowest BCUT2D eigenvalue weighted by Crippen LogP contribution is -2.35. The standard InChI is InChI=1S/C16H26N2O/c1-4-18(11-13-5-6-13)15(10-17)14-7-8-16(19-3)12(2)9-14/h7-9,13,15H,4-6,10-11,17H2,1-3H3. The van der Waals surface area contributed by atoms with Crippen molar-refractivity contribution in [3.8, 4) is 5.75 Å². The lowest BCUT2D eigenvalue weighted by Gasteiger charge is -2.30. The second-order valence-corrected chi connectivity index (χ2v) is 5.51. The average Bonchev–Trinajstić information content (AvgIpc) is 3.22. The van der Waals surface area contributed by atoms with Gasteiger partial charge in [0.15, 0.2) is 0 Å². The van der Waals surface area contributed by atoms with Crippen molar-refractivity contribution in [2.24, 2.45) is 11.7 Å². The number of hydrogen-bond acceptors (Lipinski definition) is 3. The highest BCUT2D eigenvalue weighted by atomic mass is 16.5. The number of aryl methyl sites for hydroxylation is 1. The van der Waals surface area contributed by atoms with Crippen molar-refractivity contribution in [3.63, 3.8) is 0 Å². The Morgan fingerprint density at radius 1 is 1.42 bits per heavy atom. The third-order valence-electron chi connectivity index (χ3n) is 4.06. The van der Waals surface area contributed by atoms with Crippen LogP contribution in [0.25, 0.3) is 0 Å². The monoisotopic (exact) mass is 262 g/mol. The zero-order valence-electron chi connectivity index (χ0n) is 12.4. The van der Waals surface area contributed by atoms with Gasteiger partial charge in [0, 0.05) is 19.1 Å². The van der Waals surface area contributed by atoms with E-state index in [1.807, 2.05) is 0 Å². The van der Waals surface area contributed by atoms with E-state index >= 15 is 0 Å². The van der Waals surface area contributed by atoms with Crippen molar-refractivity contribution >= 4 is 0 Å². The third kappa shape index (κ3) is 3.48. The third-order valence-corrected chi connectivity index (χ3v) is 4.06. The molecule has 1 atom stereocenters. The van der Waals surface area contributed by atoms with Gasteiger partial charge in [0.25, 0.3) is 0 Å². The average molecular weight is 262 g/mol. The summed E-state index contributed by atoms with van der Waals surface area (Å²) in [5.41, 5.74) is 8.52. The van der Waals surface area contributed by atoms with Gasteiger partial charge >= 0.3 is 0 Å². The van der Waals surface area contributed by atoms with Crippen LogP contribution < -0.4 is 10.5 Å². The number of hydrogen-bond donors (Lipinski definition) is 1. The summed E-state index contributed by atoms with van der Waals surface area (Å²) in [6.07, 6.45) is 2.77. The van der Waals surface area contributed by atoms with Crippen molar-refractivity contribution in [2.75, 3.05) is 26.7 Å². The summed E-state index contributed by atoms with van der Waals surface area (Å²) in [6, 6.07) is 6.75. The summed E-state index contributed by atoms with van der Waals surface area (Å²) in [4.78, 5) is 2.51. The molecular formula is C16H26N2O. The number of methoxy groups -OCH3 is 1. The maximum Gasteiger partial charge on any atom is 0.121 e. The molecule has 1 aromatic carbocycles. The Labute approximate surface area is 116 Å². The highest BCUT2D eigenvalue weighted by Gasteiger charge is 2.27. The van der Waals surface area contributed by atoms with E-state index in [1.54, 1.807) is 7.11 Å². The van der Waals surface area contributed by atoms with E-state index in [1.165, 1.54) is 30.5 Å². The van der Waals surface area contributed by atoms with Crippen molar-refractivity contribution in [1.29, 1.82) is 0 Å². The first-order chi connectivity index (χ1) is 9.19. The molecule has 0 heterocycles. The molecule has 1 aliphatic carbocycles. The van der Waals surface area contributed by atoms with E-state index in [-0.39, 0.29) is 0 Å². The molecule has 3 nitrogen and oxygen atoms in total.